The third-order valence-corrected chi connectivity index (χ3v) is 4.66. The Morgan fingerprint density at radius 1 is 1.47 bits per heavy atom. The monoisotopic (exact) mass is 353 g/mol. The fourth-order valence-electron chi connectivity index (χ4n) is 1.56. The van der Waals surface area contributed by atoms with Crippen LogP contribution in [0.25, 0.3) is 10.2 Å². The van der Waals surface area contributed by atoms with Gasteiger partial charge in [0.15, 0.2) is 0 Å². The Kier molecular flexibility index (Phi) is 3.80. The zero-order valence-electron chi connectivity index (χ0n) is 8.23. The normalized spacial score (nSPS) is 13.5. The molecule has 1 aliphatic heterocycles. The fraction of sp³-hybridized carbons (Fsp3) is 0.273. The van der Waals surface area contributed by atoms with E-state index in [2.05, 4.69) is 19.2 Å². The lowest BCUT2D eigenvalue weighted by atomic mass is 10.1. The minimum atomic E-state index is 0.0292. The van der Waals surface area contributed by atoms with Crippen molar-refractivity contribution in [3.63, 3.8) is 0 Å². The van der Waals surface area contributed by atoms with Crippen LogP contribution in [0.2, 0.25) is 5.02 Å². The molecule has 0 amide bonds. The van der Waals surface area contributed by atoms with E-state index < -0.39 is 0 Å². The van der Waals surface area contributed by atoms with Crippen LogP contribution >= 0.6 is 43.9 Å². The van der Waals surface area contributed by atoms with Crippen LogP contribution in [0.15, 0.2) is 0 Å². The minimum Gasteiger partial charge on any atom is -0.252 e. The summed E-state index contributed by atoms with van der Waals surface area (Å²) in [6.07, 6.45) is 2.88. The third kappa shape index (κ3) is 2.27. The number of aromatic nitrogens is 1. The molecule has 0 spiro atoms. The van der Waals surface area contributed by atoms with Crippen LogP contribution in [0, 0.1) is 6.92 Å². The highest BCUT2D eigenvalue weighted by atomic mass is 127. The van der Waals surface area contributed by atoms with Crippen LogP contribution in [0.1, 0.15) is 11.3 Å². The number of rotatable bonds is 2. The molecule has 80 valence electrons. The molecular weight excluding hydrogens is 344 g/mol. The molecule has 0 fully saturated rings. The second-order valence-electron chi connectivity index (χ2n) is 3.26. The lowest BCUT2D eigenvalue weighted by molar-refractivity contribution is 1.02. The van der Waals surface area contributed by atoms with Crippen molar-refractivity contribution in [2.24, 2.45) is 0 Å². The number of hydrogen-bond donors (Lipinski definition) is 0. The zero-order valence-corrected chi connectivity index (χ0v) is 11.9. The van der Waals surface area contributed by atoms with Crippen molar-refractivity contribution in [2.45, 2.75) is 13.3 Å². The fourth-order valence-corrected chi connectivity index (χ4v) is 3.73. The second kappa shape index (κ2) is 4.93. The number of fused-ring (bicyclic) bond motifs is 1. The molecule has 0 saturated carbocycles. The summed E-state index contributed by atoms with van der Waals surface area (Å²) >= 11 is 12.1. The van der Waals surface area contributed by atoms with Gasteiger partial charge in [0.1, 0.15) is 0 Å². The molecule has 0 bridgehead atoms. The van der Waals surface area contributed by atoms with Crippen molar-refractivity contribution < 1.29 is 0 Å². The molecule has 0 aromatic carbocycles. The average molecular weight is 354 g/mol. The van der Waals surface area contributed by atoms with Gasteiger partial charge in [-0.15, -0.1) is 11.6 Å². The summed E-state index contributed by atoms with van der Waals surface area (Å²) in [5.41, 5.74) is 2.10. The number of pyridine rings is 1. The van der Waals surface area contributed by atoms with Crippen molar-refractivity contribution in [2.75, 3.05) is 5.88 Å². The summed E-state index contributed by atoms with van der Waals surface area (Å²) in [5.74, 6) is 0.585. The Hall–Kier alpha value is 0.0700. The van der Waals surface area contributed by atoms with Gasteiger partial charge in [-0.3, -0.25) is 4.98 Å². The van der Waals surface area contributed by atoms with Crippen molar-refractivity contribution in [3.05, 3.63) is 26.8 Å². The van der Waals surface area contributed by atoms with E-state index in [1.165, 1.54) is 0 Å². The lowest BCUT2D eigenvalue weighted by Crippen LogP contribution is -2.32. The standard InChI is InChI=1S/C11H10Cl2IN/c1-7-8(2-4-12)11(13)9-3-5-14-6-10(9)15-7/h3,5-6H,2,4H2,1H3. The highest BCUT2D eigenvalue weighted by Gasteiger charge is 2.08. The van der Waals surface area contributed by atoms with Crippen LogP contribution in [0.5, 0.6) is 0 Å². The van der Waals surface area contributed by atoms with Crippen LogP contribution in [-0.4, -0.2) is 14.9 Å². The van der Waals surface area contributed by atoms with E-state index >= 15 is 0 Å². The van der Waals surface area contributed by atoms with Gasteiger partial charge in [0.05, 0.1) is 10.4 Å². The molecule has 0 aliphatic carbocycles. The predicted octanol–water partition coefficient (Wildman–Crippen LogP) is 2.13. The Balaban J connectivity index is 2.74. The van der Waals surface area contributed by atoms with E-state index in [4.69, 9.17) is 23.2 Å². The van der Waals surface area contributed by atoms with Gasteiger partial charge in [0, 0.05) is 16.8 Å². The first kappa shape index (κ1) is 11.6. The van der Waals surface area contributed by atoms with Crippen molar-refractivity contribution in [3.8, 4) is 0 Å². The van der Waals surface area contributed by atoms with Crippen molar-refractivity contribution in [1.82, 2.24) is 4.98 Å². The Labute approximate surface area is 109 Å². The lowest BCUT2D eigenvalue weighted by Gasteiger charge is -2.08. The van der Waals surface area contributed by atoms with Gasteiger partial charge >= 0.3 is 0 Å². The molecule has 2 heterocycles. The van der Waals surface area contributed by atoms with Gasteiger partial charge in [-0.1, -0.05) is 32.3 Å². The van der Waals surface area contributed by atoms with E-state index in [9.17, 15) is 0 Å². The molecule has 4 heteroatoms. The minimum absolute atomic E-state index is 0.0292. The third-order valence-electron chi connectivity index (χ3n) is 2.32. The number of nitrogens with zero attached hydrogens (tertiary/aromatic N) is 1. The first-order valence-electron chi connectivity index (χ1n) is 4.60. The van der Waals surface area contributed by atoms with E-state index in [0.29, 0.717) is 5.88 Å². The van der Waals surface area contributed by atoms with Crippen LogP contribution in [0.4, 0.5) is 0 Å². The topological polar surface area (TPSA) is 12.9 Å². The molecule has 1 aliphatic rings. The first-order valence-corrected chi connectivity index (χ1v) is 8.01. The maximum Gasteiger partial charge on any atom is 0.0777 e. The van der Waals surface area contributed by atoms with Crippen LogP contribution in [-0.2, 0) is 6.42 Å². The number of alkyl halides is 1. The SMILES string of the molecule is Cc1nc2c(c(Cl)c1CCCl)=CC=IC=2. The number of aryl methyl sites for hydroxylation is 1. The van der Waals surface area contributed by atoms with E-state index in [-0.39, 0.29) is 20.7 Å². The van der Waals surface area contributed by atoms with E-state index in [1.807, 2.05) is 6.92 Å². The van der Waals surface area contributed by atoms with Crippen LogP contribution in [0.3, 0.4) is 0 Å². The van der Waals surface area contributed by atoms with E-state index in [1.54, 1.807) is 0 Å². The average Bonchev–Trinajstić information content (AvgIpc) is 2.24. The van der Waals surface area contributed by atoms with Gasteiger partial charge in [0.25, 0.3) is 0 Å². The molecule has 1 nitrogen and oxygen atoms in total. The second-order valence-corrected chi connectivity index (χ2v) is 6.07. The Morgan fingerprint density at radius 3 is 3.00 bits per heavy atom. The van der Waals surface area contributed by atoms with E-state index in [0.717, 1.165) is 33.3 Å². The molecule has 1 aromatic heterocycles. The maximum atomic E-state index is 6.35. The summed E-state index contributed by atoms with van der Waals surface area (Å²) in [4.78, 5) is 4.57. The zero-order chi connectivity index (χ0) is 10.8. The summed E-state index contributed by atoms with van der Waals surface area (Å²) in [5, 5.41) is 2.94. The number of hydrogen-bond acceptors (Lipinski definition) is 1. The highest BCUT2D eigenvalue weighted by molar-refractivity contribution is 14.2. The quantitative estimate of drug-likeness (QED) is 0.586. The predicted molar refractivity (Wildman–Crippen MR) is 76.7 cm³/mol. The maximum absolute atomic E-state index is 6.35. The molecule has 1 aromatic rings. The summed E-state index contributed by atoms with van der Waals surface area (Å²) in [7, 11) is 0. The molecule has 0 saturated heterocycles. The van der Waals surface area contributed by atoms with Gasteiger partial charge in [0.2, 0.25) is 0 Å². The molecule has 2 rings (SSSR count). The molecule has 0 unspecified atom stereocenters. The smallest absolute Gasteiger partial charge is 0.0777 e. The largest absolute Gasteiger partial charge is 0.252 e. The van der Waals surface area contributed by atoms with Gasteiger partial charge in [-0.2, -0.15) is 0 Å². The number of halogens is 3. The molecular formula is C11H10Cl2IN. The van der Waals surface area contributed by atoms with Gasteiger partial charge in [-0.25, -0.2) is 0 Å². The Morgan fingerprint density at radius 2 is 2.27 bits per heavy atom. The highest BCUT2D eigenvalue weighted by Crippen LogP contribution is 2.14. The molecule has 0 N–H and O–H groups in total. The molecule has 0 atom stereocenters. The molecule has 0 radical (unpaired) electrons. The Bertz CT molecular complexity index is 534. The molecule has 15 heavy (non-hydrogen) atoms. The van der Waals surface area contributed by atoms with Gasteiger partial charge in [-0.05, 0) is 33.1 Å². The summed E-state index contributed by atoms with van der Waals surface area (Å²) in [6.45, 7) is 2.00. The first-order chi connectivity index (χ1) is 7.24. The van der Waals surface area contributed by atoms with Gasteiger partial charge < -0.3 is 0 Å². The summed E-state index contributed by atoms with van der Waals surface area (Å²) < 4.78 is 4.41. The van der Waals surface area contributed by atoms with Crippen molar-refractivity contribution >= 4 is 58.1 Å². The van der Waals surface area contributed by atoms with Crippen LogP contribution < -0.4 is 10.6 Å². The summed E-state index contributed by atoms with van der Waals surface area (Å²) in [6, 6.07) is 0. The van der Waals surface area contributed by atoms with Crippen molar-refractivity contribution in [1.29, 1.82) is 0 Å².